The van der Waals surface area contributed by atoms with E-state index < -0.39 is 0 Å². The standard InChI is InChI=1S/C50H48N2O/c1-33(34-17-11-8-12-18-34)38-28-46(52-47(29-38)43-30-42(49(2,3)4)31-44(48(43)53)50(5,6)7)41-26-39(36-21-15-10-16-22-36)25-40(27-41)45-24-23-37(32-51-45)35-19-13-9-14-20-35/h8-33,53H,1-7H3. The van der Waals surface area contributed by atoms with Crippen molar-refractivity contribution in [3.8, 4) is 61.8 Å². The molecular weight excluding hydrogens is 645 g/mol. The number of benzene rings is 5. The highest BCUT2D eigenvalue weighted by atomic mass is 16.3. The van der Waals surface area contributed by atoms with Crippen molar-refractivity contribution in [1.29, 1.82) is 0 Å². The molecule has 1 N–H and O–H groups in total. The maximum absolute atomic E-state index is 12.0. The van der Waals surface area contributed by atoms with E-state index >= 15 is 0 Å². The number of phenols is 1. The Morgan fingerprint density at radius 1 is 0.472 bits per heavy atom. The van der Waals surface area contributed by atoms with E-state index in [-0.39, 0.29) is 22.5 Å². The Kier molecular flexibility index (Phi) is 9.61. The van der Waals surface area contributed by atoms with Gasteiger partial charge in [-0.2, -0.15) is 0 Å². The van der Waals surface area contributed by atoms with E-state index in [2.05, 4.69) is 182 Å². The van der Waals surface area contributed by atoms with Crippen LogP contribution in [0.25, 0.3) is 56.0 Å². The van der Waals surface area contributed by atoms with Crippen molar-refractivity contribution < 1.29 is 5.11 Å². The van der Waals surface area contributed by atoms with Gasteiger partial charge in [-0.3, -0.25) is 4.98 Å². The van der Waals surface area contributed by atoms with Gasteiger partial charge in [0.2, 0.25) is 0 Å². The molecule has 7 rings (SSSR count). The number of hydrogen-bond donors (Lipinski definition) is 1. The van der Waals surface area contributed by atoms with Crippen molar-refractivity contribution >= 4 is 0 Å². The Bertz CT molecular complexity index is 2350. The van der Waals surface area contributed by atoms with Gasteiger partial charge in [0.25, 0.3) is 0 Å². The van der Waals surface area contributed by atoms with Crippen LogP contribution >= 0.6 is 0 Å². The summed E-state index contributed by atoms with van der Waals surface area (Å²) in [5.74, 6) is 0.380. The number of hydrogen-bond acceptors (Lipinski definition) is 3. The number of phenolic OH excluding ortho intramolecular Hbond substituents is 1. The van der Waals surface area contributed by atoms with Crippen molar-refractivity contribution in [2.45, 2.75) is 65.2 Å². The topological polar surface area (TPSA) is 46.0 Å². The van der Waals surface area contributed by atoms with Gasteiger partial charge < -0.3 is 5.11 Å². The molecule has 0 amide bonds. The first-order valence-electron chi connectivity index (χ1n) is 18.5. The molecule has 0 saturated carbocycles. The SMILES string of the molecule is CC(c1ccccc1)c1cc(-c2cc(-c3ccccc3)cc(-c3ccc(-c4ccccc4)cn3)c2)nc(-c2cc(C(C)(C)C)cc(C(C)(C)C)c2O)c1. The lowest BCUT2D eigenvalue weighted by atomic mass is 9.78. The molecule has 2 aromatic heterocycles. The highest BCUT2D eigenvalue weighted by Crippen LogP contribution is 2.43. The molecule has 7 aromatic rings. The van der Waals surface area contributed by atoms with E-state index in [4.69, 9.17) is 9.97 Å². The smallest absolute Gasteiger partial charge is 0.128 e. The number of aromatic hydroxyl groups is 1. The quantitative estimate of drug-likeness (QED) is 0.181. The van der Waals surface area contributed by atoms with Crippen molar-refractivity contribution in [2.24, 2.45) is 0 Å². The minimum absolute atomic E-state index is 0.0932. The molecule has 264 valence electrons. The first-order chi connectivity index (χ1) is 25.3. The monoisotopic (exact) mass is 692 g/mol. The van der Waals surface area contributed by atoms with Crippen LogP contribution in [0, 0.1) is 0 Å². The maximum atomic E-state index is 12.0. The molecule has 0 bridgehead atoms. The van der Waals surface area contributed by atoms with Crippen LogP contribution in [0.1, 0.15) is 76.6 Å². The lowest BCUT2D eigenvalue weighted by Crippen LogP contribution is -2.17. The molecule has 53 heavy (non-hydrogen) atoms. The van der Waals surface area contributed by atoms with E-state index in [1.807, 2.05) is 18.3 Å². The summed E-state index contributed by atoms with van der Waals surface area (Å²) in [7, 11) is 0. The third-order valence-electron chi connectivity index (χ3n) is 10.2. The van der Waals surface area contributed by atoms with Crippen LogP contribution in [0.3, 0.4) is 0 Å². The van der Waals surface area contributed by atoms with E-state index in [9.17, 15) is 5.11 Å². The third-order valence-corrected chi connectivity index (χ3v) is 10.2. The van der Waals surface area contributed by atoms with Crippen molar-refractivity contribution in [1.82, 2.24) is 9.97 Å². The van der Waals surface area contributed by atoms with Gasteiger partial charge >= 0.3 is 0 Å². The van der Waals surface area contributed by atoms with E-state index in [0.29, 0.717) is 0 Å². The van der Waals surface area contributed by atoms with Crippen molar-refractivity contribution in [3.05, 3.63) is 174 Å². The average molecular weight is 693 g/mol. The minimum atomic E-state index is -0.264. The molecule has 1 unspecified atom stereocenters. The summed E-state index contributed by atoms with van der Waals surface area (Å²) in [4.78, 5) is 10.4. The Balaban J connectivity index is 1.46. The average Bonchev–Trinajstić information content (AvgIpc) is 3.17. The van der Waals surface area contributed by atoms with Crippen LogP contribution in [0.15, 0.2) is 152 Å². The van der Waals surface area contributed by atoms with Crippen LogP contribution in [-0.4, -0.2) is 15.1 Å². The van der Waals surface area contributed by atoms with Gasteiger partial charge in [-0.1, -0.05) is 152 Å². The van der Waals surface area contributed by atoms with Gasteiger partial charge in [0.05, 0.1) is 17.1 Å². The molecule has 0 aliphatic carbocycles. The maximum Gasteiger partial charge on any atom is 0.128 e. The summed E-state index contributed by atoms with van der Waals surface area (Å²) in [6.45, 7) is 15.4. The zero-order chi connectivity index (χ0) is 37.3. The summed E-state index contributed by atoms with van der Waals surface area (Å²) in [6, 6.07) is 51.0. The number of rotatable bonds is 7. The van der Waals surface area contributed by atoms with Crippen molar-refractivity contribution in [2.75, 3.05) is 0 Å². The van der Waals surface area contributed by atoms with Gasteiger partial charge in [-0.15, -0.1) is 0 Å². The lowest BCUT2D eigenvalue weighted by molar-refractivity contribution is 0.446. The van der Waals surface area contributed by atoms with Crippen molar-refractivity contribution in [3.63, 3.8) is 0 Å². The lowest BCUT2D eigenvalue weighted by Gasteiger charge is -2.27. The summed E-state index contributed by atoms with van der Waals surface area (Å²) in [5, 5.41) is 12.0. The van der Waals surface area contributed by atoms with Gasteiger partial charge in [0.15, 0.2) is 0 Å². The molecule has 3 nitrogen and oxygen atoms in total. The highest BCUT2D eigenvalue weighted by molar-refractivity contribution is 5.81. The van der Waals surface area contributed by atoms with Gasteiger partial charge in [0.1, 0.15) is 5.75 Å². The molecule has 0 fully saturated rings. The Morgan fingerprint density at radius 2 is 1.02 bits per heavy atom. The summed E-state index contributed by atoms with van der Waals surface area (Å²) < 4.78 is 0. The van der Waals surface area contributed by atoms with Gasteiger partial charge in [0, 0.05) is 39.9 Å². The first kappa shape index (κ1) is 35.6. The second kappa shape index (κ2) is 14.3. The Labute approximate surface area is 315 Å². The molecule has 0 spiro atoms. The molecule has 5 aromatic carbocycles. The second-order valence-corrected chi connectivity index (χ2v) is 16.2. The van der Waals surface area contributed by atoms with E-state index in [0.717, 1.165) is 67.2 Å². The molecular formula is C50H48N2O. The second-order valence-electron chi connectivity index (χ2n) is 16.2. The number of nitrogens with zero attached hydrogens (tertiary/aromatic N) is 2. The Morgan fingerprint density at radius 3 is 1.58 bits per heavy atom. The van der Waals surface area contributed by atoms with E-state index in [1.54, 1.807) is 0 Å². The van der Waals surface area contributed by atoms with Crippen LogP contribution in [0.2, 0.25) is 0 Å². The summed E-state index contributed by atoms with van der Waals surface area (Å²) >= 11 is 0. The zero-order valence-corrected chi connectivity index (χ0v) is 31.9. The van der Waals surface area contributed by atoms with Crippen LogP contribution in [0.4, 0.5) is 0 Å². The fourth-order valence-corrected chi connectivity index (χ4v) is 6.94. The summed E-state index contributed by atoms with van der Waals surface area (Å²) in [6.07, 6.45) is 1.95. The fraction of sp³-hybridized carbons (Fsp3) is 0.200. The van der Waals surface area contributed by atoms with E-state index in [1.165, 1.54) is 11.1 Å². The van der Waals surface area contributed by atoms with Gasteiger partial charge in [-0.05, 0) is 86.7 Å². The zero-order valence-electron chi connectivity index (χ0n) is 31.9. The third kappa shape index (κ3) is 7.71. The molecule has 0 radical (unpaired) electrons. The summed E-state index contributed by atoms with van der Waals surface area (Å²) in [5.41, 5.74) is 13.7. The molecule has 0 aliphatic heterocycles. The molecule has 0 aliphatic rings. The minimum Gasteiger partial charge on any atom is -0.507 e. The van der Waals surface area contributed by atoms with Gasteiger partial charge in [-0.25, -0.2) is 4.98 Å². The fourth-order valence-electron chi connectivity index (χ4n) is 6.94. The normalized spacial score (nSPS) is 12.4. The van der Waals surface area contributed by atoms with Crippen LogP contribution in [0.5, 0.6) is 5.75 Å². The largest absolute Gasteiger partial charge is 0.507 e. The predicted molar refractivity (Wildman–Crippen MR) is 222 cm³/mol. The molecule has 2 heterocycles. The molecule has 3 heteroatoms. The highest BCUT2D eigenvalue weighted by Gasteiger charge is 2.27. The molecule has 0 saturated heterocycles. The first-order valence-corrected chi connectivity index (χ1v) is 18.5. The predicted octanol–water partition coefficient (Wildman–Crippen LogP) is 13.3. The number of aromatic nitrogens is 2. The van der Waals surface area contributed by atoms with Crippen LogP contribution < -0.4 is 0 Å². The molecule has 1 atom stereocenters. The van der Waals surface area contributed by atoms with Crippen LogP contribution in [-0.2, 0) is 10.8 Å². The Hall–Kier alpha value is -5.80. The number of pyridine rings is 2.